The average molecular weight is 307 g/mol. The van der Waals surface area contributed by atoms with Gasteiger partial charge in [-0.3, -0.25) is 14.9 Å². The smallest absolute Gasteiger partial charge is 0.337 e. The first kappa shape index (κ1) is 15.9. The monoisotopic (exact) mass is 307 g/mol. The van der Waals surface area contributed by atoms with Gasteiger partial charge in [-0.1, -0.05) is 0 Å². The van der Waals surface area contributed by atoms with Gasteiger partial charge in [-0.25, -0.2) is 9.78 Å². The van der Waals surface area contributed by atoms with Gasteiger partial charge in [0.25, 0.3) is 0 Å². The van der Waals surface area contributed by atoms with Gasteiger partial charge in [-0.05, 0) is 12.1 Å². The van der Waals surface area contributed by atoms with Crippen LogP contribution in [0.2, 0.25) is 0 Å². The molecule has 0 bridgehead atoms. The van der Waals surface area contributed by atoms with Gasteiger partial charge in [0.2, 0.25) is 11.8 Å². The van der Waals surface area contributed by atoms with Crippen LogP contribution in [0.5, 0.6) is 0 Å². The summed E-state index contributed by atoms with van der Waals surface area (Å²) < 4.78 is 5.22. The Hall–Kier alpha value is -2.48. The number of nitrogens with zero attached hydrogens (tertiary/aromatic N) is 2. The number of imide groups is 1. The zero-order valence-corrected chi connectivity index (χ0v) is 11.9. The number of ether oxygens (including phenoxy) is 1. The number of amides is 2. The fraction of sp³-hybridized carbons (Fsp3) is 0.429. The number of carbonyl (C=O) groups excluding carboxylic acids is 2. The van der Waals surface area contributed by atoms with Crippen molar-refractivity contribution in [3.63, 3.8) is 0 Å². The van der Waals surface area contributed by atoms with Crippen molar-refractivity contribution >= 4 is 23.6 Å². The Morgan fingerprint density at radius 2 is 1.82 bits per heavy atom. The highest BCUT2D eigenvalue weighted by molar-refractivity contribution is 6.01. The van der Waals surface area contributed by atoms with Crippen LogP contribution in [0.15, 0.2) is 18.3 Å². The van der Waals surface area contributed by atoms with Crippen LogP contribution in [0.1, 0.15) is 23.2 Å². The van der Waals surface area contributed by atoms with Crippen LogP contribution < -0.4 is 10.2 Å². The Labute approximate surface area is 127 Å². The molecule has 2 amide bonds. The zero-order valence-electron chi connectivity index (χ0n) is 11.9. The van der Waals surface area contributed by atoms with Crippen molar-refractivity contribution in [3.8, 4) is 0 Å². The zero-order chi connectivity index (χ0) is 15.9. The number of carbonyl (C=O) groups is 3. The first-order chi connectivity index (χ1) is 10.6. The molecule has 0 radical (unpaired) electrons. The van der Waals surface area contributed by atoms with Crippen LogP contribution in [0.3, 0.4) is 0 Å². The van der Waals surface area contributed by atoms with E-state index in [2.05, 4.69) is 15.2 Å². The minimum absolute atomic E-state index is 0.148. The van der Waals surface area contributed by atoms with Gasteiger partial charge in [0, 0.05) is 32.1 Å². The van der Waals surface area contributed by atoms with Crippen LogP contribution in [0, 0.1) is 0 Å². The lowest BCUT2D eigenvalue weighted by molar-refractivity contribution is -0.124. The number of aromatic carboxylic acids is 1. The SMILES string of the molecule is O=C(O)c1ccc(N2CCOCC2)nc1.O=C1CCC(=O)N1. The lowest BCUT2D eigenvalue weighted by Crippen LogP contribution is -2.36. The molecule has 0 unspecified atom stereocenters. The third-order valence-electron chi connectivity index (χ3n) is 3.19. The molecular weight excluding hydrogens is 290 g/mol. The molecule has 118 valence electrons. The second kappa shape index (κ2) is 7.51. The molecule has 1 aromatic heterocycles. The summed E-state index contributed by atoms with van der Waals surface area (Å²) in [7, 11) is 0. The highest BCUT2D eigenvalue weighted by Crippen LogP contribution is 2.12. The number of nitrogens with one attached hydrogen (secondary N) is 1. The molecule has 2 fully saturated rings. The summed E-state index contributed by atoms with van der Waals surface area (Å²) in [5.41, 5.74) is 0.215. The summed E-state index contributed by atoms with van der Waals surface area (Å²) in [6.45, 7) is 3.00. The maximum absolute atomic E-state index is 10.6. The summed E-state index contributed by atoms with van der Waals surface area (Å²) in [5.74, 6) is -0.436. The second-order valence-corrected chi connectivity index (χ2v) is 4.78. The van der Waals surface area contributed by atoms with E-state index in [0.717, 1.165) is 18.9 Å². The van der Waals surface area contributed by atoms with Gasteiger partial charge in [-0.2, -0.15) is 0 Å². The lowest BCUT2D eigenvalue weighted by Gasteiger charge is -2.27. The van der Waals surface area contributed by atoms with Crippen molar-refractivity contribution in [2.45, 2.75) is 12.8 Å². The summed E-state index contributed by atoms with van der Waals surface area (Å²) in [5, 5.41) is 10.9. The van der Waals surface area contributed by atoms with Crippen LogP contribution in [0.25, 0.3) is 0 Å². The van der Waals surface area contributed by atoms with Crippen molar-refractivity contribution in [1.82, 2.24) is 10.3 Å². The Bertz CT molecular complexity index is 538. The normalized spacial score (nSPS) is 17.5. The van der Waals surface area contributed by atoms with E-state index in [1.807, 2.05) is 0 Å². The minimum Gasteiger partial charge on any atom is -0.478 e. The van der Waals surface area contributed by atoms with E-state index >= 15 is 0 Å². The van der Waals surface area contributed by atoms with Gasteiger partial charge in [0.05, 0.1) is 18.8 Å². The Balaban J connectivity index is 0.000000211. The van der Waals surface area contributed by atoms with Crippen LogP contribution in [-0.2, 0) is 14.3 Å². The maximum atomic E-state index is 10.6. The van der Waals surface area contributed by atoms with Crippen molar-refractivity contribution in [2.24, 2.45) is 0 Å². The largest absolute Gasteiger partial charge is 0.478 e. The molecule has 2 N–H and O–H groups in total. The molecule has 2 aliphatic heterocycles. The van der Waals surface area contributed by atoms with Crippen molar-refractivity contribution in [3.05, 3.63) is 23.9 Å². The molecule has 2 saturated heterocycles. The first-order valence-electron chi connectivity index (χ1n) is 6.91. The van der Waals surface area contributed by atoms with Crippen molar-refractivity contribution in [2.75, 3.05) is 31.2 Å². The van der Waals surface area contributed by atoms with Gasteiger partial charge in [0.1, 0.15) is 5.82 Å². The van der Waals surface area contributed by atoms with Crippen molar-refractivity contribution < 1.29 is 24.2 Å². The van der Waals surface area contributed by atoms with E-state index in [-0.39, 0.29) is 17.4 Å². The molecule has 3 rings (SSSR count). The third-order valence-corrected chi connectivity index (χ3v) is 3.19. The molecule has 1 aromatic rings. The molecular formula is C14H17N3O5. The number of rotatable bonds is 2. The second-order valence-electron chi connectivity index (χ2n) is 4.78. The van der Waals surface area contributed by atoms with E-state index in [1.165, 1.54) is 6.20 Å². The van der Waals surface area contributed by atoms with Gasteiger partial charge >= 0.3 is 5.97 Å². The molecule has 8 heteroatoms. The minimum atomic E-state index is -0.948. The standard InChI is InChI=1S/C10H12N2O3.C4H5NO2/c13-10(14)8-1-2-9(11-7-8)12-3-5-15-6-4-12;6-3-1-2-4(7)5-3/h1-2,7H,3-6H2,(H,13,14);1-2H2,(H,5,6,7). The van der Waals surface area contributed by atoms with E-state index in [1.54, 1.807) is 12.1 Å². The highest BCUT2D eigenvalue weighted by atomic mass is 16.5. The number of hydrogen-bond donors (Lipinski definition) is 2. The molecule has 2 aliphatic rings. The molecule has 0 spiro atoms. The van der Waals surface area contributed by atoms with E-state index in [9.17, 15) is 14.4 Å². The van der Waals surface area contributed by atoms with Crippen molar-refractivity contribution in [1.29, 1.82) is 0 Å². The average Bonchev–Trinajstić information content (AvgIpc) is 2.92. The molecule has 22 heavy (non-hydrogen) atoms. The Morgan fingerprint density at radius 3 is 2.23 bits per heavy atom. The molecule has 0 aliphatic carbocycles. The predicted octanol–water partition coefficient (Wildman–Crippen LogP) is 0.0394. The Morgan fingerprint density at radius 1 is 1.18 bits per heavy atom. The van der Waals surface area contributed by atoms with Crippen LogP contribution >= 0.6 is 0 Å². The highest BCUT2D eigenvalue weighted by Gasteiger charge is 2.15. The molecule has 0 saturated carbocycles. The summed E-state index contributed by atoms with van der Waals surface area (Å²) in [4.78, 5) is 37.0. The number of morpholine rings is 1. The number of aromatic nitrogens is 1. The quantitative estimate of drug-likeness (QED) is 0.742. The van der Waals surface area contributed by atoms with Gasteiger partial charge in [-0.15, -0.1) is 0 Å². The summed E-state index contributed by atoms with van der Waals surface area (Å²) in [6, 6.07) is 3.30. The van der Waals surface area contributed by atoms with Gasteiger partial charge < -0.3 is 14.7 Å². The maximum Gasteiger partial charge on any atom is 0.337 e. The van der Waals surface area contributed by atoms with Crippen LogP contribution in [0.4, 0.5) is 5.82 Å². The molecule has 8 nitrogen and oxygen atoms in total. The number of hydrogen-bond acceptors (Lipinski definition) is 6. The van der Waals surface area contributed by atoms with E-state index in [0.29, 0.717) is 26.1 Å². The van der Waals surface area contributed by atoms with Crippen LogP contribution in [-0.4, -0.2) is 54.2 Å². The topological polar surface area (TPSA) is 109 Å². The number of carboxylic acids is 1. The summed E-state index contributed by atoms with van der Waals surface area (Å²) >= 11 is 0. The molecule has 0 aromatic carbocycles. The molecule has 3 heterocycles. The lowest BCUT2D eigenvalue weighted by atomic mass is 10.3. The fourth-order valence-corrected chi connectivity index (χ4v) is 2.00. The summed E-state index contributed by atoms with van der Waals surface area (Å²) in [6.07, 6.45) is 2.13. The number of pyridine rings is 1. The fourth-order valence-electron chi connectivity index (χ4n) is 2.00. The number of carboxylic acid groups (broad SMARTS) is 1. The first-order valence-corrected chi connectivity index (χ1v) is 6.91. The molecule has 0 atom stereocenters. The Kier molecular flexibility index (Phi) is 5.42. The van der Waals surface area contributed by atoms with E-state index in [4.69, 9.17) is 9.84 Å². The number of anilines is 1. The predicted molar refractivity (Wildman–Crippen MR) is 76.6 cm³/mol. The third kappa shape index (κ3) is 4.52. The van der Waals surface area contributed by atoms with Gasteiger partial charge in [0.15, 0.2) is 0 Å². The van der Waals surface area contributed by atoms with E-state index < -0.39 is 5.97 Å².